The quantitative estimate of drug-likeness (QED) is 0.562. The number of hydrogen-bond acceptors (Lipinski definition) is 6. The van der Waals surface area contributed by atoms with E-state index in [1.165, 1.54) is 36.5 Å². The molecule has 0 aliphatic carbocycles. The number of hydrazone groups is 1. The number of ether oxygens (including phenoxy) is 1. The van der Waals surface area contributed by atoms with Gasteiger partial charge in [0, 0.05) is 5.56 Å². The molecule has 126 valence electrons. The number of aromatic nitrogens is 4. The highest BCUT2D eigenvalue weighted by Gasteiger charge is 2.06. The fourth-order valence-corrected chi connectivity index (χ4v) is 2.04. The third-order valence-corrected chi connectivity index (χ3v) is 3.30. The van der Waals surface area contributed by atoms with Crippen molar-refractivity contribution in [2.24, 2.45) is 5.10 Å². The van der Waals surface area contributed by atoms with Crippen molar-refractivity contribution in [3.05, 3.63) is 65.7 Å². The highest BCUT2D eigenvalue weighted by Crippen LogP contribution is 2.16. The highest BCUT2D eigenvalue weighted by molar-refractivity contribution is 5.95. The molecule has 0 aliphatic heterocycles. The monoisotopic (exact) mass is 340 g/mol. The molecule has 0 atom stereocenters. The van der Waals surface area contributed by atoms with E-state index < -0.39 is 11.7 Å². The first-order valence-corrected chi connectivity index (χ1v) is 7.18. The minimum Gasteiger partial charge on any atom is -0.494 e. The SMILES string of the molecule is COc1ccc(/C=N\NC(=O)c2ccc(-n3cnnn3)cc2)cc1F. The van der Waals surface area contributed by atoms with Crippen molar-refractivity contribution in [2.75, 3.05) is 7.11 Å². The average Bonchev–Trinajstić information content (AvgIpc) is 3.16. The molecule has 9 heteroatoms. The molecule has 0 saturated carbocycles. The van der Waals surface area contributed by atoms with Crippen LogP contribution in [0.5, 0.6) is 5.75 Å². The Labute approximate surface area is 141 Å². The Morgan fingerprint density at radius 1 is 1.28 bits per heavy atom. The molecule has 0 spiro atoms. The summed E-state index contributed by atoms with van der Waals surface area (Å²) in [5.41, 5.74) is 4.01. The van der Waals surface area contributed by atoms with Gasteiger partial charge in [-0.25, -0.2) is 14.5 Å². The lowest BCUT2D eigenvalue weighted by molar-refractivity contribution is 0.0955. The number of hydrogen-bond donors (Lipinski definition) is 1. The average molecular weight is 340 g/mol. The van der Waals surface area contributed by atoms with Gasteiger partial charge in [0.1, 0.15) is 6.33 Å². The number of carbonyl (C=O) groups excluding carboxylic acids is 1. The second-order valence-electron chi connectivity index (χ2n) is 4.89. The Hall–Kier alpha value is -3.62. The molecule has 8 nitrogen and oxygen atoms in total. The van der Waals surface area contributed by atoms with Gasteiger partial charge in [0.05, 0.1) is 19.0 Å². The number of tetrazole rings is 1. The molecular weight excluding hydrogens is 327 g/mol. The van der Waals surface area contributed by atoms with Crippen molar-refractivity contribution >= 4 is 12.1 Å². The van der Waals surface area contributed by atoms with E-state index in [2.05, 4.69) is 26.1 Å². The molecule has 2 aromatic carbocycles. The number of rotatable bonds is 5. The summed E-state index contributed by atoms with van der Waals surface area (Å²) >= 11 is 0. The van der Waals surface area contributed by atoms with Gasteiger partial charge in [0.2, 0.25) is 0 Å². The van der Waals surface area contributed by atoms with Gasteiger partial charge in [-0.3, -0.25) is 4.79 Å². The first-order chi connectivity index (χ1) is 12.2. The zero-order valence-electron chi connectivity index (χ0n) is 13.1. The molecule has 0 saturated heterocycles. The third kappa shape index (κ3) is 3.83. The molecule has 0 unspecified atom stereocenters. The van der Waals surface area contributed by atoms with Crippen LogP contribution in [0.15, 0.2) is 53.9 Å². The van der Waals surface area contributed by atoms with Crippen LogP contribution in [0.2, 0.25) is 0 Å². The molecule has 25 heavy (non-hydrogen) atoms. The Kier molecular flexibility index (Phi) is 4.74. The highest BCUT2D eigenvalue weighted by atomic mass is 19.1. The van der Waals surface area contributed by atoms with Gasteiger partial charge in [-0.05, 0) is 58.5 Å². The third-order valence-electron chi connectivity index (χ3n) is 3.30. The topological polar surface area (TPSA) is 94.3 Å². The lowest BCUT2D eigenvalue weighted by atomic mass is 10.2. The number of nitrogens with one attached hydrogen (secondary N) is 1. The first-order valence-electron chi connectivity index (χ1n) is 7.18. The molecule has 1 heterocycles. The summed E-state index contributed by atoms with van der Waals surface area (Å²) in [5, 5.41) is 14.7. The number of halogens is 1. The molecule has 1 aromatic heterocycles. The van der Waals surface area contributed by atoms with Crippen molar-refractivity contribution in [1.29, 1.82) is 0 Å². The summed E-state index contributed by atoms with van der Waals surface area (Å²) < 4.78 is 19.9. The van der Waals surface area contributed by atoms with Gasteiger partial charge in [-0.15, -0.1) is 5.10 Å². The van der Waals surface area contributed by atoms with Gasteiger partial charge in [-0.2, -0.15) is 5.10 Å². The lowest BCUT2D eigenvalue weighted by Crippen LogP contribution is -2.17. The maximum Gasteiger partial charge on any atom is 0.271 e. The van der Waals surface area contributed by atoms with Crippen LogP contribution in [-0.2, 0) is 0 Å². The Morgan fingerprint density at radius 2 is 2.08 bits per heavy atom. The number of nitrogens with zero attached hydrogens (tertiary/aromatic N) is 5. The number of amides is 1. The maximum absolute atomic E-state index is 13.6. The lowest BCUT2D eigenvalue weighted by Gasteiger charge is -2.03. The molecule has 0 fully saturated rings. The van der Waals surface area contributed by atoms with Gasteiger partial charge >= 0.3 is 0 Å². The Morgan fingerprint density at radius 3 is 2.72 bits per heavy atom. The van der Waals surface area contributed by atoms with Gasteiger partial charge in [0.15, 0.2) is 11.6 Å². The fraction of sp³-hybridized carbons (Fsp3) is 0.0625. The normalized spacial score (nSPS) is 10.8. The number of benzene rings is 2. The van der Waals surface area contributed by atoms with Crippen LogP contribution < -0.4 is 10.2 Å². The van der Waals surface area contributed by atoms with Gasteiger partial charge in [-0.1, -0.05) is 0 Å². The van der Waals surface area contributed by atoms with E-state index in [1.807, 2.05) is 0 Å². The number of methoxy groups -OCH3 is 1. The summed E-state index contributed by atoms with van der Waals surface area (Å²) in [4.78, 5) is 12.0. The van der Waals surface area contributed by atoms with Crippen LogP contribution in [0, 0.1) is 5.82 Å². The van der Waals surface area contributed by atoms with Crippen LogP contribution in [0.4, 0.5) is 4.39 Å². The molecule has 0 aliphatic rings. The van der Waals surface area contributed by atoms with E-state index in [4.69, 9.17) is 4.74 Å². The summed E-state index contributed by atoms with van der Waals surface area (Å²) in [7, 11) is 1.39. The minimum absolute atomic E-state index is 0.142. The first kappa shape index (κ1) is 16.2. The fourth-order valence-electron chi connectivity index (χ4n) is 2.04. The van der Waals surface area contributed by atoms with Crippen molar-refractivity contribution in [3.63, 3.8) is 0 Å². The standard InChI is InChI=1S/C16H13FN6O2/c1-25-15-7-2-11(8-14(15)17)9-18-20-16(24)12-3-5-13(6-4-12)23-10-19-21-22-23/h2-10H,1H3,(H,20,24)/b18-9-. The van der Waals surface area contributed by atoms with Crippen LogP contribution in [0.25, 0.3) is 5.69 Å². The van der Waals surface area contributed by atoms with E-state index in [0.29, 0.717) is 11.1 Å². The van der Waals surface area contributed by atoms with Crippen molar-refractivity contribution in [1.82, 2.24) is 25.6 Å². The summed E-state index contributed by atoms with van der Waals surface area (Å²) in [6, 6.07) is 11.0. The predicted molar refractivity (Wildman–Crippen MR) is 87.2 cm³/mol. The van der Waals surface area contributed by atoms with Crippen LogP contribution >= 0.6 is 0 Å². The van der Waals surface area contributed by atoms with E-state index in [-0.39, 0.29) is 5.75 Å². The van der Waals surface area contributed by atoms with Gasteiger partial charge < -0.3 is 4.74 Å². The molecule has 0 bridgehead atoms. The zero-order chi connectivity index (χ0) is 17.6. The molecular formula is C16H13FN6O2. The zero-order valence-corrected chi connectivity index (χ0v) is 13.1. The van der Waals surface area contributed by atoms with Crippen LogP contribution in [0.1, 0.15) is 15.9 Å². The van der Waals surface area contributed by atoms with E-state index >= 15 is 0 Å². The van der Waals surface area contributed by atoms with Crippen molar-refractivity contribution < 1.29 is 13.9 Å². The maximum atomic E-state index is 13.6. The summed E-state index contributed by atoms with van der Waals surface area (Å²) in [5.74, 6) is -0.756. The smallest absolute Gasteiger partial charge is 0.271 e. The molecule has 3 rings (SSSR count). The van der Waals surface area contributed by atoms with Crippen LogP contribution in [-0.4, -0.2) is 39.4 Å². The molecule has 1 N–H and O–H groups in total. The van der Waals surface area contributed by atoms with Crippen molar-refractivity contribution in [3.8, 4) is 11.4 Å². The summed E-state index contributed by atoms with van der Waals surface area (Å²) in [6.45, 7) is 0. The van der Waals surface area contributed by atoms with E-state index in [9.17, 15) is 9.18 Å². The largest absolute Gasteiger partial charge is 0.494 e. The van der Waals surface area contributed by atoms with E-state index in [0.717, 1.165) is 5.69 Å². The molecule has 0 radical (unpaired) electrons. The molecule has 3 aromatic rings. The summed E-state index contributed by atoms with van der Waals surface area (Å²) in [6.07, 6.45) is 2.79. The Balaban J connectivity index is 1.63. The minimum atomic E-state index is -0.504. The second-order valence-corrected chi connectivity index (χ2v) is 4.89. The molecule has 1 amide bonds. The second kappa shape index (κ2) is 7.30. The Bertz CT molecular complexity index is 893. The van der Waals surface area contributed by atoms with Gasteiger partial charge in [0.25, 0.3) is 5.91 Å². The van der Waals surface area contributed by atoms with Crippen molar-refractivity contribution in [2.45, 2.75) is 0 Å². The van der Waals surface area contributed by atoms with E-state index in [1.54, 1.807) is 30.3 Å². The predicted octanol–water partition coefficient (Wildman–Crippen LogP) is 1.57. The number of carbonyl (C=O) groups is 1. The van der Waals surface area contributed by atoms with Crippen LogP contribution in [0.3, 0.4) is 0 Å².